The second-order valence-electron chi connectivity index (χ2n) is 1.27. The first-order chi connectivity index (χ1) is 3.72. The van der Waals surface area contributed by atoms with Crippen LogP contribution in [0.15, 0.2) is 0 Å². The van der Waals surface area contributed by atoms with Crippen molar-refractivity contribution >= 4 is 18.6 Å². The molecular weight excluding hydrogens is 126 g/mol. The first kappa shape index (κ1) is 7.78. The molecule has 1 atom stereocenters. The number of nitrogens with two attached hydrogens (primary N) is 1. The third kappa shape index (κ3) is 2.18. The first-order valence-electron chi connectivity index (χ1n) is 2.18. The fourth-order valence-corrected chi connectivity index (χ4v) is 0.338. The summed E-state index contributed by atoms with van der Waals surface area (Å²) in [4.78, 5) is 10.4. The average molecular weight is 135 g/mol. The molecule has 3 nitrogen and oxygen atoms in total. The summed E-state index contributed by atoms with van der Waals surface area (Å²) in [7, 11) is 1.31. The Morgan fingerprint density at radius 3 is 2.62 bits per heavy atom. The number of rotatable bonds is 2. The fraction of sp³-hybridized carbons (Fsp3) is 0.750. The van der Waals surface area contributed by atoms with Crippen molar-refractivity contribution < 1.29 is 9.53 Å². The third-order valence-electron chi connectivity index (χ3n) is 0.697. The highest BCUT2D eigenvalue weighted by Gasteiger charge is 2.09. The largest absolute Gasteiger partial charge is 0.468 e. The molecule has 0 saturated carbocycles. The Kier molecular flexibility index (Phi) is 3.64. The minimum Gasteiger partial charge on any atom is -0.468 e. The number of thiol groups is 1. The summed E-state index contributed by atoms with van der Waals surface area (Å²) >= 11 is 3.81. The van der Waals surface area contributed by atoms with Gasteiger partial charge >= 0.3 is 5.97 Å². The van der Waals surface area contributed by atoms with Crippen molar-refractivity contribution in [1.82, 2.24) is 0 Å². The standard InChI is InChI=1S/C4H9NO2S/c1-7-4(6)3(8)2-5/h3,8H,2,5H2,1H3. The summed E-state index contributed by atoms with van der Waals surface area (Å²) < 4.78 is 4.31. The van der Waals surface area contributed by atoms with E-state index in [1.54, 1.807) is 0 Å². The van der Waals surface area contributed by atoms with Gasteiger partial charge < -0.3 is 10.5 Å². The Hall–Kier alpha value is -0.220. The lowest BCUT2D eigenvalue weighted by Gasteiger charge is -2.02. The van der Waals surface area contributed by atoms with Gasteiger partial charge in [0, 0.05) is 6.54 Å². The number of hydrogen-bond donors (Lipinski definition) is 2. The van der Waals surface area contributed by atoms with Crippen molar-refractivity contribution in [2.75, 3.05) is 13.7 Å². The summed E-state index contributed by atoms with van der Waals surface area (Å²) in [5.41, 5.74) is 5.07. The summed E-state index contributed by atoms with van der Waals surface area (Å²) in [5.74, 6) is -0.379. The molecule has 2 N–H and O–H groups in total. The van der Waals surface area contributed by atoms with Crippen LogP contribution in [-0.2, 0) is 9.53 Å². The van der Waals surface area contributed by atoms with Crippen molar-refractivity contribution in [3.8, 4) is 0 Å². The number of carbonyl (C=O) groups is 1. The molecule has 1 unspecified atom stereocenters. The summed E-state index contributed by atoms with van der Waals surface area (Å²) in [6.07, 6.45) is 0. The minimum atomic E-state index is -0.472. The molecule has 0 rings (SSSR count). The van der Waals surface area contributed by atoms with Crippen LogP contribution in [-0.4, -0.2) is 24.9 Å². The zero-order chi connectivity index (χ0) is 6.57. The third-order valence-corrected chi connectivity index (χ3v) is 1.12. The van der Waals surface area contributed by atoms with E-state index in [1.807, 2.05) is 0 Å². The van der Waals surface area contributed by atoms with Gasteiger partial charge in [0.05, 0.1) is 7.11 Å². The molecular formula is C4H9NO2S. The van der Waals surface area contributed by atoms with Crippen LogP contribution >= 0.6 is 12.6 Å². The van der Waals surface area contributed by atoms with Gasteiger partial charge in [-0.25, -0.2) is 0 Å². The molecule has 0 aromatic rings. The van der Waals surface area contributed by atoms with Crippen molar-refractivity contribution in [3.63, 3.8) is 0 Å². The predicted molar refractivity (Wildman–Crippen MR) is 33.8 cm³/mol. The van der Waals surface area contributed by atoms with Crippen LogP contribution in [0.2, 0.25) is 0 Å². The monoisotopic (exact) mass is 135 g/mol. The van der Waals surface area contributed by atoms with Crippen LogP contribution in [0, 0.1) is 0 Å². The summed E-state index contributed by atoms with van der Waals surface area (Å²) in [5, 5.41) is -0.472. The normalized spacial score (nSPS) is 12.9. The zero-order valence-electron chi connectivity index (χ0n) is 4.63. The Morgan fingerprint density at radius 1 is 2.00 bits per heavy atom. The summed E-state index contributed by atoms with van der Waals surface area (Å²) in [6, 6.07) is 0. The molecule has 0 aliphatic rings. The molecule has 0 saturated heterocycles. The van der Waals surface area contributed by atoms with E-state index in [9.17, 15) is 4.79 Å². The van der Waals surface area contributed by atoms with Gasteiger partial charge in [-0.05, 0) is 0 Å². The number of hydrogen-bond acceptors (Lipinski definition) is 4. The maximum atomic E-state index is 10.4. The maximum absolute atomic E-state index is 10.4. The summed E-state index contributed by atoms with van der Waals surface area (Å²) in [6.45, 7) is 0.218. The van der Waals surface area contributed by atoms with Gasteiger partial charge in [0.2, 0.25) is 0 Å². The van der Waals surface area contributed by atoms with Gasteiger partial charge in [-0.1, -0.05) is 0 Å². The lowest BCUT2D eigenvalue weighted by atomic mass is 10.4. The van der Waals surface area contributed by atoms with E-state index in [2.05, 4.69) is 17.4 Å². The second-order valence-corrected chi connectivity index (χ2v) is 1.90. The van der Waals surface area contributed by atoms with Crippen LogP contribution in [0.5, 0.6) is 0 Å². The SMILES string of the molecule is COC(=O)C(S)CN. The molecule has 0 aliphatic carbocycles. The molecule has 0 aliphatic heterocycles. The number of esters is 1. The molecule has 8 heavy (non-hydrogen) atoms. The average Bonchev–Trinajstić information content (AvgIpc) is 1.84. The van der Waals surface area contributed by atoms with Crippen LogP contribution < -0.4 is 5.73 Å². The lowest BCUT2D eigenvalue weighted by Crippen LogP contribution is -2.24. The molecule has 0 spiro atoms. The van der Waals surface area contributed by atoms with E-state index in [-0.39, 0.29) is 12.5 Å². The Balaban J connectivity index is 3.46. The molecule has 0 fully saturated rings. The molecule has 0 amide bonds. The van der Waals surface area contributed by atoms with E-state index in [0.29, 0.717) is 0 Å². The van der Waals surface area contributed by atoms with Crippen molar-refractivity contribution in [1.29, 1.82) is 0 Å². The number of ether oxygens (including phenoxy) is 1. The number of methoxy groups -OCH3 is 1. The van der Waals surface area contributed by atoms with E-state index < -0.39 is 5.25 Å². The highest BCUT2D eigenvalue weighted by molar-refractivity contribution is 7.81. The first-order valence-corrected chi connectivity index (χ1v) is 2.70. The second kappa shape index (κ2) is 3.74. The van der Waals surface area contributed by atoms with Crippen LogP contribution in [0.4, 0.5) is 0 Å². The van der Waals surface area contributed by atoms with Gasteiger partial charge in [0.25, 0.3) is 0 Å². The molecule has 4 heteroatoms. The molecule has 0 bridgehead atoms. The van der Waals surface area contributed by atoms with Crippen LogP contribution in [0.25, 0.3) is 0 Å². The molecule has 0 aromatic heterocycles. The van der Waals surface area contributed by atoms with Gasteiger partial charge in [0.1, 0.15) is 5.25 Å². The smallest absolute Gasteiger partial charge is 0.319 e. The van der Waals surface area contributed by atoms with Gasteiger partial charge in [-0.3, -0.25) is 4.79 Å². The van der Waals surface area contributed by atoms with Gasteiger partial charge in [-0.2, -0.15) is 12.6 Å². The van der Waals surface area contributed by atoms with Crippen molar-refractivity contribution in [2.45, 2.75) is 5.25 Å². The Morgan fingerprint density at radius 2 is 2.50 bits per heavy atom. The highest BCUT2D eigenvalue weighted by atomic mass is 32.1. The fourth-order valence-electron chi connectivity index (χ4n) is 0.232. The van der Waals surface area contributed by atoms with Gasteiger partial charge in [-0.15, -0.1) is 0 Å². The highest BCUT2D eigenvalue weighted by Crippen LogP contribution is 1.92. The van der Waals surface area contributed by atoms with Crippen LogP contribution in [0.3, 0.4) is 0 Å². The van der Waals surface area contributed by atoms with E-state index in [4.69, 9.17) is 5.73 Å². The van der Waals surface area contributed by atoms with Crippen LogP contribution in [0.1, 0.15) is 0 Å². The maximum Gasteiger partial charge on any atom is 0.319 e. The molecule has 0 aromatic carbocycles. The quantitative estimate of drug-likeness (QED) is 0.393. The molecule has 0 radical (unpaired) electrons. The minimum absolute atomic E-state index is 0.218. The molecule has 48 valence electrons. The Labute approximate surface area is 53.6 Å². The van der Waals surface area contributed by atoms with E-state index in [0.717, 1.165) is 0 Å². The molecule has 0 heterocycles. The topological polar surface area (TPSA) is 52.3 Å². The van der Waals surface area contributed by atoms with E-state index >= 15 is 0 Å². The Bertz CT molecular complexity index is 86.1. The van der Waals surface area contributed by atoms with Crippen molar-refractivity contribution in [2.24, 2.45) is 5.73 Å². The van der Waals surface area contributed by atoms with Gasteiger partial charge in [0.15, 0.2) is 0 Å². The van der Waals surface area contributed by atoms with Crippen molar-refractivity contribution in [3.05, 3.63) is 0 Å². The lowest BCUT2D eigenvalue weighted by molar-refractivity contribution is -0.139. The zero-order valence-corrected chi connectivity index (χ0v) is 5.52. The predicted octanol–water partition coefficient (Wildman–Crippen LogP) is -0.584. The van der Waals surface area contributed by atoms with E-state index in [1.165, 1.54) is 7.11 Å². The number of carbonyl (C=O) groups excluding carboxylic acids is 1.